The number of benzene rings is 2. The third-order valence-electron chi connectivity index (χ3n) is 9.15. The summed E-state index contributed by atoms with van der Waals surface area (Å²) in [6.45, 7) is 10.6. The summed E-state index contributed by atoms with van der Waals surface area (Å²) in [5.74, 6) is -0.730. The summed E-state index contributed by atoms with van der Waals surface area (Å²) in [7, 11) is 0. The van der Waals surface area contributed by atoms with E-state index in [0.29, 0.717) is 24.6 Å². The molecule has 0 aliphatic heterocycles. The van der Waals surface area contributed by atoms with Crippen LogP contribution < -0.4 is 0 Å². The molecule has 0 atom stereocenters. The summed E-state index contributed by atoms with van der Waals surface area (Å²) in [5.41, 5.74) is 6.86. The number of carbonyl (C=O) groups excluding carboxylic acids is 2. The number of ether oxygens (including phenoxy) is 2. The van der Waals surface area contributed by atoms with Gasteiger partial charge in [-0.15, -0.1) is 0 Å². The maximum atomic E-state index is 12.8. The van der Waals surface area contributed by atoms with Gasteiger partial charge in [-0.1, -0.05) is 68.5 Å². The van der Waals surface area contributed by atoms with Crippen LogP contribution in [-0.2, 0) is 22.6 Å². The van der Waals surface area contributed by atoms with Gasteiger partial charge in [0, 0.05) is 45.7 Å². The minimum absolute atomic E-state index is 0.365. The Morgan fingerprint density at radius 3 is 1.36 bits per heavy atom. The van der Waals surface area contributed by atoms with E-state index in [1.54, 1.807) is 0 Å². The first-order chi connectivity index (χ1) is 22.9. The van der Waals surface area contributed by atoms with E-state index in [4.69, 9.17) is 9.47 Å². The normalized spacial score (nSPS) is 11.7. The van der Waals surface area contributed by atoms with E-state index in [1.807, 2.05) is 50.2 Å². The third kappa shape index (κ3) is 6.46. The van der Waals surface area contributed by atoms with E-state index in [9.17, 15) is 9.59 Å². The second-order valence-corrected chi connectivity index (χ2v) is 12.2. The largest absolute Gasteiger partial charge is 0.461 e. The topological polar surface area (TPSA) is 88.2 Å². The lowest BCUT2D eigenvalue weighted by atomic mass is 10.1. The van der Waals surface area contributed by atoms with Gasteiger partial charge in [0.05, 0.1) is 35.6 Å². The standard InChI is InChI=1S/C39H44N4O4/c1-5-42-34-20-14-12-18-28(34)30-24-32(40-26(3)36(30)42)38(44)46-22-16-10-8-7-9-11-17-23-47-39(45)33-25-31-29-19-13-15-21-35(29)43(6-2)37(31)27(4)41-33/h12-15,18-21,24-25H,5-11,16-17,22-23H2,1-4H3. The van der Waals surface area contributed by atoms with Gasteiger partial charge in [0.25, 0.3) is 0 Å². The van der Waals surface area contributed by atoms with Crippen molar-refractivity contribution in [2.45, 2.75) is 85.7 Å². The van der Waals surface area contributed by atoms with Crippen LogP contribution in [-0.4, -0.2) is 44.3 Å². The summed E-state index contributed by atoms with van der Waals surface area (Å²) >= 11 is 0. The van der Waals surface area contributed by atoms with E-state index >= 15 is 0 Å². The molecule has 2 aromatic carbocycles. The molecule has 0 aliphatic carbocycles. The molecule has 0 saturated heterocycles. The van der Waals surface area contributed by atoms with Crippen molar-refractivity contribution in [2.24, 2.45) is 0 Å². The van der Waals surface area contributed by atoms with Gasteiger partial charge in [-0.2, -0.15) is 0 Å². The summed E-state index contributed by atoms with van der Waals surface area (Å²) in [6.07, 6.45) is 6.90. The van der Waals surface area contributed by atoms with E-state index in [2.05, 4.69) is 57.2 Å². The van der Waals surface area contributed by atoms with Crippen molar-refractivity contribution in [2.75, 3.05) is 13.2 Å². The van der Waals surface area contributed by atoms with Crippen molar-refractivity contribution in [1.82, 2.24) is 19.1 Å². The minimum Gasteiger partial charge on any atom is -0.461 e. The molecule has 0 saturated carbocycles. The molecule has 6 rings (SSSR count). The maximum Gasteiger partial charge on any atom is 0.356 e. The first kappa shape index (κ1) is 32.2. The number of pyridine rings is 2. The number of aromatic nitrogens is 4. The lowest BCUT2D eigenvalue weighted by Gasteiger charge is -2.08. The predicted molar refractivity (Wildman–Crippen MR) is 188 cm³/mol. The van der Waals surface area contributed by atoms with Gasteiger partial charge in [0.2, 0.25) is 0 Å². The first-order valence-corrected chi connectivity index (χ1v) is 17.0. The fraction of sp³-hybridized carbons (Fsp3) is 0.385. The molecule has 0 amide bonds. The number of fused-ring (bicyclic) bond motifs is 6. The maximum absolute atomic E-state index is 12.8. The Hall–Kier alpha value is -4.72. The van der Waals surface area contributed by atoms with Crippen molar-refractivity contribution < 1.29 is 19.1 Å². The Bertz CT molecular complexity index is 1920. The first-order valence-electron chi connectivity index (χ1n) is 17.0. The molecule has 0 fully saturated rings. The zero-order chi connectivity index (χ0) is 32.9. The van der Waals surface area contributed by atoms with Crippen molar-refractivity contribution >= 4 is 55.6 Å². The predicted octanol–water partition coefficient (Wildman–Crippen LogP) is 9.09. The smallest absolute Gasteiger partial charge is 0.356 e. The average molecular weight is 633 g/mol. The molecular formula is C39H44N4O4. The summed E-state index contributed by atoms with van der Waals surface area (Å²) in [5, 5.41) is 4.34. The van der Waals surface area contributed by atoms with Crippen molar-refractivity contribution in [3.8, 4) is 0 Å². The molecule has 47 heavy (non-hydrogen) atoms. The van der Waals surface area contributed by atoms with Crippen LogP contribution in [0.5, 0.6) is 0 Å². The van der Waals surface area contributed by atoms with E-state index in [1.165, 1.54) is 0 Å². The lowest BCUT2D eigenvalue weighted by Crippen LogP contribution is -2.10. The van der Waals surface area contributed by atoms with Crippen LogP contribution in [0.3, 0.4) is 0 Å². The van der Waals surface area contributed by atoms with Gasteiger partial charge in [-0.25, -0.2) is 19.6 Å². The highest BCUT2D eigenvalue weighted by atomic mass is 16.5. The van der Waals surface area contributed by atoms with Crippen LogP contribution >= 0.6 is 0 Å². The highest BCUT2D eigenvalue weighted by Gasteiger charge is 2.19. The SMILES string of the molecule is CCn1c2ccccc2c2cc(C(=O)OCCCCCCCCCOC(=O)c3cc4c5ccccc5n(CC)c4c(C)n3)nc(C)c21. The van der Waals surface area contributed by atoms with E-state index < -0.39 is 0 Å². The Labute approximate surface area is 275 Å². The van der Waals surface area contributed by atoms with Gasteiger partial charge >= 0.3 is 11.9 Å². The van der Waals surface area contributed by atoms with Gasteiger partial charge in [0.1, 0.15) is 11.4 Å². The lowest BCUT2D eigenvalue weighted by molar-refractivity contribution is 0.0483. The molecule has 0 aliphatic rings. The van der Waals surface area contributed by atoms with Crippen LogP contribution in [0.1, 0.15) is 91.2 Å². The molecular weight excluding hydrogens is 588 g/mol. The summed E-state index contributed by atoms with van der Waals surface area (Å²) in [4.78, 5) is 34.9. The van der Waals surface area contributed by atoms with Gasteiger partial charge in [-0.05, 0) is 64.8 Å². The van der Waals surface area contributed by atoms with Crippen molar-refractivity contribution in [1.29, 1.82) is 0 Å². The molecule has 0 radical (unpaired) electrons. The molecule has 8 heteroatoms. The molecule has 4 heterocycles. The molecule has 0 N–H and O–H groups in total. The van der Waals surface area contributed by atoms with Gasteiger partial charge < -0.3 is 18.6 Å². The number of hydrogen-bond donors (Lipinski definition) is 0. The van der Waals surface area contributed by atoms with Crippen LogP contribution in [0.25, 0.3) is 43.6 Å². The van der Waals surface area contributed by atoms with Crippen LogP contribution in [0.4, 0.5) is 0 Å². The van der Waals surface area contributed by atoms with Crippen molar-refractivity contribution in [3.05, 3.63) is 83.4 Å². The molecule has 4 aromatic heterocycles. The highest BCUT2D eigenvalue weighted by molar-refractivity contribution is 6.11. The summed E-state index contributed by atoms with van der Waals surface area (Å²) in [6, 6.07) is 20.3. The number of rotatable bonds is 14. The number of para-hydroxylation sites is 2. The quantitative estimate of drug-likeness (QED) is 0.0879. The fourth-order valence-corrected chi connectivity index (χ4v) is 6.97. The number of carbonyl (C=O) groups is 2. The molecule has 244 valence electrons. The molecule has 0 spiro atoms. The Morgan fingerprint density at radius 2 is 0.957 bits per heavy atom. The third-order valence-corrected chi connectivity index (χ3v) is 9.15. The number of unbranched alkanes of at least 4 members (excludes halogenated alkanes) is 6. The van der Waals surface area contributed by atoms with Gasteiger partial charge in [0.15, 0.2) is 0 Å². The van der Waals surface area contributed by atoms with Crippen LogP contribution in [0.15, 0.2) is 60.7 Å². The Balaban J connectivity index is 0.894. The molecule has 0 unspecified atom stereocenters. The number of nitrogens with zero attached hydrogens (tertiary/aromatic N) is 4. The average Bonchev–Trinajstić information content (AvgIpc) is 3.60. The molecule has 6 aromatic rings. The summed E-state index contributed by atoms with van der Waals surface area (Å²) < 4.78 is 15.7. The fourth-order valence-electron chi connectivity index (χ4n) is 6.97. The Kier molecular flexibility index (Phi) is 9.85. The van der Waals surface area contributed by atoms with Crippen molar-refractivity contribution in [3.63, 3.8) is 0 Å². The monoisotopic (exact) mass is 632 g/mol. The number of aryl methyl sites for hydroxylation is 4. The highest BCUT2D eigenvalue weighted by Crippen LogP contribution is 2.32. The number of esters is 2. The second kappa shape index (κ2) is 14.4. The second-order valence-electron chi connectivity index (χ2n) is 12.2. The van der Waals surface area contributed by atoms with E-state index in [-0.39, 0.29) is 11.9 Å². The minimum atomic E-state index is -0.365. The Morgan fingerprint density at radius 1 is 0.574 bits per heavy atom. The number of hydrogen-bond acceptors (Lipinski definition) is 6. The van der Waals surface area contributed by atoms with Gasteiger partial charge in [-0.3, -0.25) is 0 Å². The van der Waals surface area contributed by atoms with Crippen LogP contribution in [0.2, 0.25) is 0 Å². The zero-order valence-electron chi connectivity index (χ0n) is 28.0. The van der Waals surface area contributed by atoms with Crippen LogP contribution in [0, 0.1) is 13.8 Å². The molecule has 0 bridgehead atoms. The van der Waals surface area contributed by atoms with E-state index in [0.717, 1.165) is 113 Å². The molecule has 8 nitrogen and oxygen atoms in total. The zero-order valence-corrected chi connectivity index (χ0v) is 28.0.